The van der Waals surface area contributed by atoms with Crippen LogP contribution in [0.15, 0.2) is 48.8 Å². The van der Waals surface area contributed by atoms with Crippen LogP contribution in [0.5, 0.6) is 0 Å². The van der Waals surface area contributed by atoms with E-state index in [1.165, 1.54) is 5.56 Å². The summed E-state index contributed by atoms with van der Waals surface area (Å²) < 4.78 is 0. The van der Waals surface area contributed by atoms with Gasteiger partial charge in [-0.3, -0.25) is 14.7 Å². The Bertz CT molecular complexity index is 627. The number of ketones is 1. The second-order valence-electron chi connectivity index (χ2n) is 5.81. The smallest absolute Gasteiger partial charge is 0.167 e. The number of pyridine rings is 1. The average molecular weight is 315 g/mol. The molecule has 1 aliphatic heterocycles. The first-order chi connectivity index (χ1) is 10.7. The molecule has 1 aromatic heterocycles. The fourth-order valence-electron chi connectivity index (χ4n) is 3.01. The van der Waals surface area contributed by atoms with Crippen LogP contribution in [0.2, 0.25) is 5.02 Å². The number of halogens is 1. The number of likely N-dealkylation sites (tertiary alicyclic amines) is 1. The number of hydrogen-bond acceptors (Lipinski definition) is 3. The molecule has 0 radical (unpaired) electrons. The van der Waals surface area contributed by atoms with Gasteiger partial charge >= 0.3 is 0 Å². The lowest BCUT2D eigenvalue weighted by atomic mass is 9.90. The number of benzene rings is 1. The Hall–Kier alpha value is -1.71. The number of hydrogen-bond donors (Lipinski definition) is 0. The predicted octanol–water partition coefficient (Wildman–Crippen LogP) is 3.83. The largest absolute Gasteiger partial charge is 0.298 e. The van der Waals surface area contributed by atoms with Gasteiger partial charge in [-0.2, -0.15) is 0 Å². The maximum Gasteiger partial charge on any atom is 0.167 e. The van der Waals surface area contributed by atoms with Crippen LogP contribution >= 0.6 is 11.6 Å². The first-order valence-electron chi connectivity index (χ1n) is 7.63. The lowest BCUT2D eigenvalue weighted by Crippen LogP contribution is -2.38. The molecule has 1 aliphatic rings. The zero-order valence-electron chi connectivity index (χ0n) is 12.4. The van der Waals surface area contributed by atoms with Crippen molar-refractivity contribution in [3.05, 3.63) is 64.9 Å². The van der Waals surface area contributed by atoms with Crippen LogP contribution in [0.3, 0.4) is 0 Å². The van der Waals surface area contributed by atoms with Gasteiger partial charge in [0.25, 0.3) is 0 Å². The Labute approximate surface area is 135 Å². The Morgan fingerprint density at radius 3 is 2.82 bits per heavy atom. The van der Waals surface area contributed by atoms with Crippen molar-refractivity contribution in [2.24, 2.45) is 5.92 Å². The highest BCUT2D eigenvalue weighted by atomic mass is 35.5. The van der Waals surface area contributed by atoms with E-state index >= 15 is 0 Å². The monoisotopic (exact) mass is 314 g/mol. The molecule has 0 N–H and O–H groups in total. The van der Waals surface area contributed by atoms with Crippen molar-refractivity contribution < 1.29 is 4.79 Å². The summed E-state index contributed by atoms with van der Waals surface area (Å²) in [7, 11) is 0. The normalized spacial score (nSPS) is 19.0. The molecule has 0 aliphatic carbocycles. The molecule has 2 aromatic rings. The van der Waals surface area contributed by atoms with E-state index in [9.17, 15) is 4.79 Å². The lowest BCUT2D eigenvalue weighted by Gasteiger charge is -2.32. The highest BCUT2D eigenvalue weighted by Crippen LogP contribution is 2.23. The van der Waals surface area contributed by atoms with Crippen molar-refractivity contribution in [2.75, 3.05) is 13.1 Å². The van der Waals surface area contributed by atoms with Gasteiger partial charge < -0.3 is 0 Å². The highest BCUT2D eigenvalue weighted by molar-refractivity contribution is 6.30. The maximum absolute atomic E-state index is 12.6. The van der Waals surface area contributed by atoms with Gasteiger partial charge in [0.1, 0.15) is 0 Å². The molecule has 3 nitrogen and oxygen atoms in total. The quantitative estimate of drug-likeness (QED) is 0.804. The Balaban J connectivity index is 1.65. The third-order valence-corrected chi connectivity index (χ3v) is 4.39. The molecule has 0 bridgehead atoms. The van der Waals surface area contributed by atoms with E-state index in [0.29, 0.717) is 5.02 Å². The fourth-order valence-corrected chi connectivity index (χ4v) is 3.14. The first kappa shape index (κ1) is 15.2. The third kappa shape index (κ3) is 3.73. The molecule has 4 heteroatoms. The zero-order valence-corrected chi connectivity index (χ0v) is 13.2. The summed E-state index contributed by atoms with van der Waals surface area (Å²) in [6.45, 7) is 2.72. The zero-order chi connectivity index (χ0) is 15.4. The van der Waals surface area contributed by atoms with E-state index in [4.69, 9.17) is 11.6 Å². The number of carbonyl (C=O) groups excluding carboxylic acids is 1. The Morgan fingerprint density at radius 2 is 2.09 bits per heavy atom. The standard InChI is InChI=1S/C18H19ClN2O/c19-17-7-5-15(6-8-17)18(22)16-4-2-10-21(13-16)12-14-3-1-9-20-11-14/h1,3,5-9,11,16H,2,4,10,12-13H2. The molecule has 1 atom stereocenters. The highest BCUT2D eigenvalue weighted by Gasteiger charge is 2.26. The van der Waals surface area contributed by atoms with E-state index in [1.54, 1.807) is 18.3 Å². The maximum atomic E-state index is 12.6. The van der Waals surface area contributed by atoms with Gasteiger partial charge in [-0.15, -0.1) is 0 Å². The Kier molecular flexibility index (Phi) is 4.86. The number of nitrogens with zero attached hydrogens (tertiary/aromatic N) is 2. The minimum Gasteiger partial charge on any atom is -0.298 e. The summed E-state index contributed by atoms with van der Waals surface area (Å²) in [6.07, 6.45) is 5.70. The summed E-state index contributed by atoms with van der Waals surface area (Å²) >= 11 is 5.89. The molecule has 0 amide bonds. The molecule has 1 fully saturated rings. The van der Waals surface area contributed by atoms with Crippen molar-refractivity contribution >= 4 is 17.4 Å². The second kappa shape index (κ2) is 7.03. The van der Waals surface area contributed by atoms with Crippen LogP contribution in [-0.2, 0) is 6.54 Å². The average Bonchev–Trinajstić information content (AvgIpc) is 2.56. The van der Waals surface area contributed by atoms with Crippen molar-refractivity contribution in [3.8, 4) is 0 Å². The topological polar surface area (TPSA) is 33.2 Å². The summed E-state index contributed by atoms with van der Waals surface area (Å²) in [5, 5.41) is 0.665. The van der Waals surface area contributed by atoms with E-state index in [2.05, 4.69) is 16.0 Å². The number of rotatable bonds is 4. The number of aromatic nitrogens is 1. The summed E-state index contributed by atoms with van der Waals surface area (Å²) in [4.78, 5) is 19.1. The van der Waals surface area contributed by atoms with Gasteiger partial charge in [0.15, 0.2) is 5.78 Å². The molecule has 1 saturated heterocycles. The molecule has 1 aromatic carbocycles. The number of piperidine rings is 1. The van der Waals surface area contributed by atoms with Gasteiger partial charge in [-0.25, -0.2) is 0 Å². The van der Waals surface area contributed by atoms with Crippen molar-refractivity contribution in [1.29, 1.82) is 0 Å². The molecule has 114 valence electrons. The SMILES string of the molecule is O=C(c1ccc(Cl)cc1)C1CCCN(Cc2cccnc2)C1. The molecular weight excluding hydrogens is 296 g/mol. The van der Waals surface area contributed by atoms with Crippen molar-refractivity contribution in [2.45, 2.75) is 19.4 Å². The molecule has 22 heavy (non-hydrogen) atoms. The third-order valence-electron chi connectivity index (χ3n) is 4.13. The van der Waals surface area contributed by atoms with Crippen molar-refractivity contribution in [1.82, 2.24) is 9.88 Å². The van der Waals surface area contributed by atoms with E-state index in [1.807, 2.05) is 24.4 Å². The van der Waals surface area contributed by atoms with Gasteiger partial charge in [0.05, 0.1) is 0 Å². The summed E-state index contributed by atoms with van der Waals surface area (Å²) in [6, 6.07) is 11.2. The molecule has 2 heterocycles. The molecule has 0 spiro atoms. The van der Waals surface area contributed by atoms with Crippen LogP contribution in [-0.4, -0.2) is 28.8 Å². The number of carbonyl (C=O) groups is 1. The molecule has 3 rings (SSSR count). The van der Waals surface area contributed by atoms with Crippen molar-refractivity contribution in [3.63, 3.8) is 0 Å². The van der Waals surface area contributed by atoms with Gasteiger partial charge in [-0.1, -0.05) is 17.7 Å². The van der Waals surface area contributed by atoms with Crippen LogP contribution < -0.4 is 0 Å². The van der Waals surface area contributed by atoms with Gasteiger partial charge in [0, 0.05) is 42.0 Å². The second-order valence-corrected chi connectivity index (χ2v) is 6.24. The van der Waals surface area contributed by atoms with Gasteiger partial charge in [0.2, 0.25) is 0 Å². The Morgan fingerprint density at radius 1 is 1.27 bits per heavy atom. The van der Waals surface area contributed by atoms with E-state index < -0.39 is 0 Å². The van der Waals surface area contributed by atoms with Crippen LogP contribution in [0.1, 0.15) is 28.8 Å². The molecule has 0 saturated carbocycles. The minimum atomic E-state index is 0.0756. The number of Topliss-reactive ketones (excluding diaryl/α,β-unsaturated/α-hetero) is 1. The molecular formula is C18H19ClN2O. The summed E-state index contributed by atoms with van der Waals surface area (Å²) in [5.41, 5.74) is 1.96. The predicted molar refractivity (Wildman–Crippen MR) is 88.0 cm³/mol. The van der Waals surface area contributed by atoms with E-state index in [-0.39, 0.29) is 11.7 Å². The van der Waals surface area contributed by atoms with Crippen LogP contribution in [0, 0.1) is 5.92 Å². The van der Waals surface area contributed by atoms with Gasteiger partial charge in [-0.05, 0) is 55.3 Å². The van der Waals surface area contributed by atoms with E-state index in [0.717, 1.165) is 38.0 Å². The fraction of sp³-hybridized carbons (Fsp3) is 0.333. The first-order valence-corrected chi connectivity index (χ1v) is 8.01. The minimum absolute atomic E-state index is 0.0756. The van der Waals surface area contributed by atoms with Crippen LogP contribution in [0.25, 0.3) is 0 Å². The molecule has 1 unspecified atom stereocenters. The van der Waals surface area contributed by atoms with Crippen LogP contribution in [0.4, 0.5) is 0 Å². The summed E-state index contributed by atoms with van der Waals surface area (Å²) in [5.74, 6) is 0.305. The lowest BCUT2D eigenvalue weighted by molar-refractivity contribution is 0.0811.